The molecule has 0 fully saturated rings. The summed E-state index contributed by atoms with van der Waals surface area (Å²) in [5.74, 6) is 0.627. The van der Waals surface area contributed by atoms with Gasteiger partial charge in [0.05, 0.1) is 24.7 Å². The van der Waals surface area contributed by atoms with Crippen molar-refractivity contribution in [3.63, 3.8) is 0 Å². The van der Waals surface area contributed by atoms with Gasteiger partial charge in [-0.05, 0) is 58.4 Å². The number of ether oxygens (including phenoxy) is 2. The third-order valence-corrected chi connectivity index (χ3v) is 3.93. The summed E-state index contributed by atoms with van der Waals surface area (Å²) in [6.07, 6.45) is 0. The fourth-order valence-electron chi connectivity index (χ4n) is 2.25. The molecule has 1 N–H and O–H groups in total. The maximum atomic E-state index is 13.9. The second-order valence-corrected chi connectivity index (χ2v) is 5.36. The van der Waals surface area contributed by atoms with Gasteiger partial charge in [0.2, 0.25) is 0 Å². The first-order valence-electron chi connectivity index (χ1n) is 6.44. The summed E-state index contributed by atoms with van der Waals surface area (Å²) in [5, 5.41) is 3.19. The predicted octanol–water partition coefficient (Wildman–Crippen LogP) is 3.91. The Kier molecular flexibility index (Phi) is 5.20. The van der Waals surface area contributed by atoms with Crippen LogP contribution >= 0.6 is 15.9 Å². The summed E-state index contributed by atoms with van der Waals surface area (Å²) in [6.45, 7) is 0. The summed E-state index contributed by atoms with van der Waals surface area (Å²) in [4.78, 5) is 0. The maximum absolute atomic E-state index is 13.9. The van der Waals surface area contributed by atoms with Gasteiger partial charge in [0.25, 0.3) is 0 Å². The second kappa shape index (κ2) is 6.91. The molecule has 0 aliphatic rings. The number of benzene rings is 2. The fraction of sp³-hybridized carbons (Fsp3) is 0.250. The van der Waals surface area contributed by atoms with E-state index in [-0.39, 0.29) is 17.6 Å². The lowest BCUT2D eigenvalue weighted by molar-refractivity contribution is 0.386. The van der Waals surface area contributed by atoms with Crippen LogP contribution in [0.5, 0.6) is 11.5 Å². The predicted molar refractivity (Wildman–Crippen MR) is 84.5 cm³/mol. The quantitative estimate of drug-likeness (QED) is 0.883. The van der Waals surface area contributed by atoms with Gasteiger partial charge >= 0.3 is 0 Å². The average Bonchev–Trinajstić information content (AvgIpc) is 2.48. The highest BCUT2D eigenvalue weighted by Crippen LogP contribution is 2.31. The van der Waals surface area contributed by atoms with E-state index in [2.05, 4.69) is 21.2 Å². The molecule has 0 saturated carbocycles. The number of halogens is 2. The molecule has 1 unspecified atom stereocenters. The first-order chi connectivity index (χ1) is 10.1. The summed E-state index contributed by atoms with van der Waals surface area (Å²) >= 11 is 3.47. The van der Waals surface area contributed by atoms with Crippen LogP contribution in [0.3, 0.4) is 0 Å². The number of hydrogen-bond acceptors (Lipinski definition) is 3. The minimum Gasteiger partial charge on any atom is -0.496 e. The van der Waals surface area contributed by atoms with Crippen LogP contribution in [-0.2, 0) is 0 Å². The standard InChI is InChI=1S/C16H17BrFNO2/c1-19-16(10-4-6-14(20-2)12(17)8-10)11-5-7-15(21-3)13(18)9-11/h4-9,16,19H,1-3H3. The Morgan fingerprint density at radius 2 is 1.57 bits per heavy atom. The van der Waals surface area contributed by atoms with E-state index in [9.17, 15) is 4.39 Å². The molecule has 21 heavy (non-hydrogen) atoms. The van der Waals surface area contributed by atoms with E-state index >= 15 is 0 Å². The van der Waals surface area contributed by atoms with Crippen LogP contribution in [-0.4, -0.2) is 21.3 Å². The number of hydrogen-bond donors (Lipinski definition) is 1. The van der Waals surface area contributed by atoms with Gasteiger partial charge in [-0.15, -0.1) is 0 Å². The zero-order valence-corrected chi connectivity index (χ0v) is 13.7. The van der Waals surface area contributed by atoms with E-state index in [1.165, 1.54) is 13.2 Å². The van der Waals surface area contributed by atoms with Crippen LogP contribution in [0, 0.1) is 5.82 Å². The average molecular weight is 354 g/mol. The molecule has 112 valence electrons. The van der Waals surface area contributed by atoms with Gasteiger partial charge < -0.3 is 14.8 Å². The molecule has 2 aromatic rings. The summed E-state index contributed by atoms with van der Waals surface area (Å²) in [7, 11) is 4.91. The summed E-state index contributed by atoms with van der Waals surface area (Å²) in [6, 6.07) is 10.6. The Bertz CT molecular complexity index is 580. The van der Waals surface area contributed by atoms with Gasteiger partial charge in [0.1, 0.15) is 5.75 Å². The fourth-order valence-corrected chi connectivity index (χ4v) is 2.81. The molecule has 0 radical (unpaired) electrons. The highest BCUT2D eigenvalue weighted by molar-refractivity contribution is 9.10. The molecule has 1 atom stereocenters. The second-order valence-electron chi connectivity index (χ2n) is 4.51. The molecule has 3 nitrogen and oxygen atoms in total. The van der Waals surface area contributed by atoms with Gasteiger partial charge in [0.15, 0.2) is 11.6 Å². The van der Waals surface area contributed by atoms with E-state index in [1.54, 1.807) is 13.2 Å². The molecular weight excluding hydrogens is 337 g/mol. The number of methoxy groups -OCH3 is 2. The minimum absolute atomic E-state index is 0.118. The van der Waals surface area contributed by atoms with Crippen molar-refractivity contribution in [3.8, 4) is 11.5 Å². The monoisotopic (exact) mass is 353 g/mol. The van der Waals surface area contributed by atoms with Gasteiger partial charge in [-0.3, -0.25) is 0 Å². The van der Waals surface area contributed by atoms with E-state index in [1.807, 2.05) is 31.3 Å². The molecule has 0 bridgehead atoms. The Morgan fingerprint density at radius 1 is 1.00 bits per heavy atom. The van der Waals surface area contributed by atoms with Crippen LogP contribution < -0.4 is 14.8 Å². The third kappa shape index (κ3) is 3.36. The van der Waals surface area contributed by atoms with Crippen LogP contribution in [0.15, 0.2) is 40.9 Å². The lowest BCUT2D eigenvalue weighted by atomic mass is 9.98. The largest absolute Gasteiger partial charge is 0.496 e. The van der Waals surface area contributed by atoms with E-state index in [4.69, 9.17) is 9.47 Å². The zero-order chi connectivity index (χ0) is 15.4. The molecular formula is C16H17BrFNO2. The Morgan fingerprint density at radius 3 is 2.05 bits per heavy atom. The molecule has 5 heteroatoms. The van der Waals surface area contributed by atoms with Crippen molar-refractivity contribution in [1.29, 1.82) is 0 Å². The van der Waals surface area contributed by atoms with Gasteiger partial charge in [-0.25, -0.2) is 4.39 Å². The summed E-state index contributed by atoms with van der Waals surface area (Å²) in [5.41, 5.74) is 1.84. The van der Waals surface area contributed by atoms with Crippen molar-refractivity contribution in [1.82, 2.24) is 5.32 Å². The van der Waals surface area contributed by atoms with E-state index in [0.29, 0.717) is 0 Å². The highest BCUT2D eigenvalue weighted by atomic mass is 79.9. The Labute approximate surface area is 132 Å². The van der Waals surface area contributed by atoms with Crippen molar-refractivity contribution in [2.45, 2.75) is 6.04 Å². The number of nitrogens with one attached hydrogen (secondary N) is 1. The van der Waals surface area contributed by atoms with Crippen molar-refractivity contribution in [2.75, 3.05) is 21.3 Å². The van der Waals surface area contributed by atoms with Crippen LogP contribution in [0.2, 0.25) is 0 Å². The minimum atomic E-state index is -0.372. The maximum Gasteiger partial charge on any atom is 0.165 e. The van der Waals surface area contributed by atoms with E-state index in [0.717, 1.165) is 21.3 Å². The number of rotatable bonds is 5. The summed E-state index contributed by atoms with van der Waals surface area (Å²) < 4.78 is 24.9. The Balaban J connectivity index is 2.39. The topological polar surface area (TPSA) is 30.5 Å². The van der Waals surface area contributed by atoms with Crippen molar-refractivity contribution in [3.05, 3.63) is 57.8 Å². The Hall–Kier alpha value is -1.59. The molecule has 0 aliphatic heterocycles. The van der Waals surface area contributed by atoms with Gasteiger partial charge in [-0.1, -0.05) is 12.1 Å². The van der Waals surface area contributed by atoms with Crippen molar-refractivity contribution >= 4 is 15.9 Å². The molecule has 2 rings (SSSR count). The molecule has 0 aromatic heterocycles. The third-order valence-electron chi connectivity index (χ3n) is 3.31. The van der Waals surface area contributed by atoms with Crippen LogP contribution in [0.25, 0.3) is 0 Å². The lowest BCUT2D eigenvalue weighted by Gasteiger charge is -2.19. The highest BCUT2D eigenvalue weighted by Gasteiger charge is 2.15. The lowest BCUT2D eigenvalue weighted by Crippen LogP contribution is -2.18. The van der Waals surface area contributed by atoms with E-state index < -0.39 is 0 Å². The molecule has 0 spiro atoms. The molecule has 0 saturated heterocycles. The molecule has 0 aliphatic carbocycles. The van der Waals surface area contributed by atoms with Gasteiger partial charge in [0, 0.05) is 0 Å². The molecule has 2 aromatic carbocycles. The van der Waals surface area contributed by atoms with Crippen molar-refractivity contribution < 1.29 is 13.9 Å². The molecule has 0 amide bonds. The van der Waals surface area contributed by atoms with Crippen LogP contribution in [0.4, 0.5) is 4.39 Å². The first kappa shape index (κ1) is 15.8. The van der Waals surface area contributed by atoms with Crippen molar-refractivity contribution in [2.24, 2.45) is 0 Å². The SMILES string of the molecule is CNC(c1ccc(OC)c(F)c1)c1ccc(OC)c(Br)c1. The van der Waals surface area contributed by atoms with Gasteiger partial charge in [-0.2, -0.15) is 0 Å². The molecule has 0 heterocycles. The normalized spacial score (nSPS) is 12.0. The smallest absolute Gasteiger partial charge is 0.165 e. The zero-order valence-electron chi connectivity index (χ0n) is 12.1. The van der Waals surface area contributed by atoms with Crippen LogP contribution in [0.1, 0.15) is 17.2 Å². The first-order valence-corrected chi connectivity index (χ1v) is 7.24.